The van der Waals surface area contributed by atoms with E-state index in [1.807, 2.05) is 0 Å². The van der Waals surface area contributed by atoms with Crippen molar-refractivity contribution in [3.63, 3.8) is 0 Å². The van der Waals surface area contributed by atoms with Gasteiger partial charge in [-0.15, -0.1) is 0 Å². The fourth-order valence-electron chi connectivity index (χ4n) is 3.89. The van der Waals surface area contributed by atoms with Gasteiger partial charge >= 0.3 is 11.6 Å². The Morgan fingerprint density at radius 2 is 1.50 bits per heavy atom. The maximum atomic E-state index is 13.5. The molecule has 154 valence electrons. The molecule has 0 spiro atoms. The summed E-state index contributed by atoms with van der Waals surface area (Å²) < 4.78 is 0. The van der Waals surface area contributed by atoms with Crippen molar-refractivity contribution in [1.82, 2.24) is 0 Å². The van der Waals surface area contributed by atoms with Crippen molar-refractivity contribution in [3.05, 3.63) is 102 Å². The summed E-state index contributed by atoms with van der Waals surface area (Å²) in [5, 5.41) is 46.5. The summed E-state index contributed by atoms with van der Waals surface area (Å²) in [7, 11) is 0. The molecule has 0 radical (unpaired) electrons. The normalized spacial score (nSPS) is 26.0. The molecule has 0 unspecified atom stereocenters. The number of carbonyl (C=O) groups is 1. The number of ketones is 1. The molecule has 1 N–H and O–H groups in total. The van der Waals surface area contributed by atoms with Crippen LogP contribution in [0.15, 0.2) is 60.7 Å². The van der Waals surface area contributed by atoms with Crippen LogP contribution in [0.25, 0.3) is 5.57 Å². The molecule has 11 heteroatoms. The Balaban J connectivity index is 2.43. The van der Waals surface area contributed by atoms with E-state index in [-0.39, 0.29) is 11.1 Å². The fourth-order valence-corrected chi connectivity index (χ4v) is 3.89. The Bertz CT molecular complexity index is 1100. The summed E-state index contributed by atoms with van der Waals surface area (Å²) >= 11 is 0. The largest absolute Gasteiger partial charge is 0.378 e. The summed E-state index contributed by atoms with van der Waals surface area (Å²) in [5.41, 5.74) is -7.13. The first kappa shape index (κ1) is 20.7. The van der Waals surface area contributed by atoms with E-state index in [4.69, 9.17) is 0 Å². The van der Waals surface area contributed by atoms with Crippen LogP contribution >= 0.6 is 0 Å². The molecule has 0 heterocycles. The Hall–Kier alpha value is -3.99. The Labute approximate surface area is 168 Å². The topological polar surface area (TPSA) is 167 Å². The predicted octanol–water partition coefficient (Wildman–Crippen LogP) is 2.13. The van der Waals surface area contributed by atoms with Crippen molar-refractivity contribution in [2.24, 2.45) is 0 Å². The molecule has 3 atom stereocenters. The van der Waals surface area contributed by atoms with Crippen molar-refractivity contribution in [2.75, 3.05) is 0 Å². The summed E-state index contributed by atoms with van der Waals surface area (Å²) in [4.78, 5) is 46.2. The molecule has 0 bridgehead atoms. The van der Waals surface area contributed by atoms with Gasteiger partial charge in [0.15, 0.2) is 5.60 Å². The van der Waals surface area contributed by atoms with E-state index in [2.05, 4.69) is 0 Å². The van der Waals surface area contributed by atoms with Crippen LogP contribution in [0.3, 0.4) is 0 Å². The standard InChI is InChI=1S/C19H15N3O8/c1-18(24)11-14(13-9-5-6-10-15(13)20(25)26)16(23)19(22(29)30,17(18)21(27)28)12-7-3-2-4-8-12/h2-11,17,24H,1H3/t17-,18-,19+/m1/s1. The minimum absolute atomic E-state index is 0.281. The van der Waals surface area contributed by atoms with E-state index < -0.39 is 49.0 Å². The van der Waals surface area contributed by atoms with Gasteiger partial charge in [0.25, 0.3) is 11.5 Å². The lowest BCUT2D eigenvalue weighted by Crippen LogP contribution is -2.66. The van der Waals surface area contributed by atoms with Gasteiger partial charge < -0.3 is 5.11 Å². The number of rotatable bonds is 5. The van der Waals surface area contributed by atoms with Crippen molar-refractivity contribution in [1.29, 1.82) is 0 Å². The third-order valence-corrected chi connectivity index (χ3v) is 5.08. The van der Waals surface area contributed by atoms with E-state index in [1.165, 1.54) is 48.5 Å². The molecule has 0 aliphatic heterocycles. The molecule has 0 saturated carbocycles. The van der Waals surface area contributed by atoms with Crippen LogP contribution in [0, 0.1) is 30.3 Å². The molecule has 0 fully saturated rings. The third-order valence-electron chi connectivity index (χ3n) is 5.08. The van der Waals surface area contributed by atoms with Crippen LogP contribution in [0.5, 0.6) is 0 Å². The first-order valence-corrected chi connectivity index (χ1v) is 8.62. The van der Waals surface area contributed by atoms with Gasteiger partial charge in [-0.25, -0.2) is 0 Å². The Kier molecular flexibility index (Phi) is 4.92. The highest BCUT2D eigenvalue weighted by molar-refractivity contribution is 6.26. The quantitative estimate of drug-likeness (QED) is 0.574. The molecule has 0 amide bonds. The first-order chi connectivity index (χ1) is 14.0. The molecule has 30 heavy (non-hydrogen) atoms. The van der Waals surface area contributed by atoms with E-state index in [0.717, 1.165) is 19.1 Å². The number of nitrogens with zero attached hydrogens (tertiary/aromatic N) is 3. The minimum Gasteiger partial charge on any atom is -0.378 e. The van der Waals surface area contributed by atoms with Gasteiger partial charge in [-0.1, -0.05) is 42.5 Å². The Morgan fingerprint density at radius 1 is 0.933 bits per heavy atom. The number of hydrogen-bond donors (Lipinski definition) is 1. The van der Waals surface area contributed by atoms with E-state index in [9.17, 15) is 40.2 Å². The van der Waals surface area contributed by atoms with E-state index in [0.29, 0.717) is 0 Å². The number of nitro groups is 3. The molecule has 0 saturated heterocycles. The lowest BCUT2D eigenvalue weighted by molar-refractivity contribution is -0.657. The van der Waals surface area contributed by atoms with Gasteiger partial charge in [0.2, 0.25) is 0 Å². The third kappa shape index (κ3) is 2.92. The smallest absolute Gasteiger partial charge is 0.377 e. The summed E-state index contributed by atoms with van der Waals surface area (Å²) in [6.45, 7) is 0.961. The first-order valence-electron chi connectivity index (χ1n) is 8.62. The van der Waals surface area contributed by atoms with Crippen LogP contribution in [0.1, 0.15) is 18.1 Å². The number of benzene rings is 2. The molecule has 3 rings (SSSR count). The number of para-hydroxylation sites is 1. The number of aliphatic hydroxyl groups is 1. The van der Waals surface area contributed by atoms with Crippen molar-refractivity contribution in [3.8, 4) is 0 Å². The zero-order chi connectivity index (χ0) is 22.3. The van der Waals surface area contributed by atoms with Crippen molar-refractivity contribution >= 4 is 17.0 Å². The highest BCUT2D eigenvalue weighted by Gasteiger charge is 2.74. The van der Waals surface area contributed by atoms with Crippen LogP contribution in [-0.2, 0) is 10.3 Å². The average molecular weight is 413 g/mol. The average Bonchev–Trinajstić information content (AvgIpc) is 2.69. The second-order valence-electron chi connectivity index (χ2n) is 6.96. The zero-order valence-corrected chi connectivity index (χ0v) is 15.5. The number of hydrogen-bond acceptors (Lipinski definition) is 8. The number of carbonyl (C=O) groups excluding carboxylic acids is 1. The Morgan fingerprint density at radius 3 is 2.03 bits per heavy atom. The minimum atomic E-state index is -3.00. The van der Waals surface area contributed by atoms with Crippen molar-refractivity contribution < 1.29 is 24.7 Å². The lowest BCUT2D eigenvalue weighted by atomic mass is 9.65. The van der Waals surface area contributed by atoms with E-state index >= 15 is 0 Å². The highest BCUT2D eigenvalue weighted by Crippen LogP contribution is 2.46. The summed E-state index contributed by atoms with van der Waals surface area (Å²) in [5.74, 6) is -1.32. The SMILES string of the molecule is C[C@@]1(O)C=C(c2ccccc2[N+](=O)[O-])C(=O)[C@](c2ccccc2)([N+](=O)[O-])[C@@H]1[N+](=O)[O-]. The van der Waals surface area contributed by atoms with E-state index in [1.54, 1.807) is 0 Å². The maximum Gasteiger partial charge on any atom is 0.377 e. The van der Waals surface area contributed by atoms with Gasteiger partial charge in [0.05, 0.1) is 10.5 Å². The monoisotopic (exact) mass is 413 g/mol. The van der Waals surface area contributed by atoms with Crippen LogP contribution in [-0.4, -0.2) is 37.3 Å². The van der Waals surface area contributed by atoms with Gasteiger partial charge in [0.1, 0.15) is 0 Å². The molecule has 11 nitrogen and oxygen atoms in total. The van der Waals surface area contributed by atoms with Crippen molar-refractivity contribution in [2.45, 2.75) is 24.1 Å². The predicted molar refractivity (Wildman–Crippen MR) is 103 cm³/mol. The summed E-state index contributed by atoms with van der Waals surface area (Å²) in [6, 6.07) is 9.21. The zero-order valence-electron chi connectivity index (χ0n) is 15.5. The van der Waals surface area contributed by atoms with Crippen LogP contribution in [0.2, 0.25) is 0 Å². The molecule has 0 aromatic heterocycles. The van der Waals surface area contributed by atoms with Gasteiger partial charge in [-0.05, 0) is 19.1 Å². The van der Waals surface area contributed by atoms with Gasteiger partial charge in [-0.2, -0.15) is 0 Å². The van der Waals surface area contributed by atoms with Crippen LogP contribution < -0.4 is 0 Å². The fraction of sp³-hybridized carbons (Fsp3) is 0.211. The van der Waals surface area contributed by atoms with Gasteiger partial charge in [0, 0.05) is 27.0 Å². The number of Topliss-reactive ketones (excluding diaryl/α,β-unsaturated/α-hetero) is 1. The molecule has 1 aliphatic rings. The highest BCUT2D eigenvalue weighted by atomic mass is 16.7. The second kappa shape index (κ2) is 7.12. The molecule has 1 aliphatic carbocycles. The molecule has 2 aromatic rings. The number of nitro benzene ring substituents is 1. The molecule has 2 aromatic carbocycles. The van der Waals surface area contributed by atoms with Crippen LogP contribution in [0.4, 0.5) is 5.69 Å². The van der Waals surface area contributed by atoms with Gasteiger partial charge in [-0.3, -0.25) is 35.1 Å². The molecular weight excluding hydrogens is 398 g/mol. The summed E-state index contributed by atoms with van der Waals surface area (Å²) in [6.07, 6.45) is 0.788. The maximum absolute atomic E-state index is 13.5. The lowest BCUT2D eigenvalue weighted by Gasteiger charge is -2.37. The second-order valence-corrected chi connectivity index (χ2v) is 6.96. The molecular formula is C19H15N3O8.